The van der Waals surface area contributed by atoms with Crippen molar-refractivity contribution in [1.29, 1.82) is 0 Å². The van der Waals surface area contributed by atoms with Gasteiger partial charge >= 0.3 is 6.18 Å². The highest BCUT2D eigenvalue weighted by atomic mass is 19.4. The third kappa shape index (κ3) is 3.58. The number of nitrogen functional groups attached to an aromatic ring is 1. The molecule has 5 atom stereocenters. The van der Waals surface area contributed by atoms with Crippen LogP contribution in [0.2, 0.25) is 0 Å². The number of aromatic nitrogens is 3. The summed E-state index contributed by atoms with van der Waals surface area (Å²) in [5.41, 5.74) is 6.37. The van der Waals surface area contributed by atoms with E-state index >= 15 is 0 Å². The monoisotopic (exact) mass is 423 g/mol. The standard InChI is InChI=1S/C21H28F3N5O/c1-10(2)29-18(19-14-6-13(7-15(14)19)28(4)11(3)30)8-17(27-29)12-5-16(21(22,23)24)20(25)26-9-12/h5,8-11,13-15,19,30H,6-7H2,1-4H3,(H2,25,26)/t11?,13?,14-,15+,19?. The zero-order chi connectivity index (χ0) is 22.0. The molecular weight excluding hydrogens is 395 g/mol. The van der Waals surface area contributed by atoms with Gasteiger partial charge in [0.2, 0.25) is 0 Å². The van der Waals surface area contributed by atoms with Crippen molar-refractivity contribution in [2.45, 2.75) is 64.0 Å². The molecule has 6 nitrogen and oxygen atoms in total. The Labute approximate surface area is 173 Å². The van der Waals surface area contributed by atoms with E-state index in [2.05, 4.69) is 10.1 Å². The first kappa shape index (κ1) is 21.1. The van der Waals surface area contributed by atoms with Crippen LogP contribution in [0.1, 0.15) is 56.8 Å². The van der Waals surface area contributed by atoms with Crippen molar-refractivity contribution in [2.24, 2.45) is 11.8 Å². The van der Waals surface area contributed by atoms with Crippen LogP contribution in [-0.4, -0.2) is 44.1 Å². The number of pyridine rings is 1. The Kier molecular flexibility index (Phi) is 5.09. The van der Waals surface area contributed by atoms with Crippen LogP contribution < -0.4 is 5.73 Å². The minimum Gasteiger partial charge on any atom is -0.383 e. The lowest BCUT2D eigenvalue weighted by atomic mass is 10.0. The van der Waals surface area contributed by atoms with E-state index in [9.17, 15) is 18.3 Å². The van der Waals surface area contributed by atoms with Crippen LogP contribution in [0.4, 0.5) is 19.0 Å². The van der Waals surface area contributed by atoms with E-state index in [1.807, 2.05) is 36.5 Å². The molecule has 0 saturated heterocycles. The zero-order valence-electron chi connectivity index (χ0n) is 17.6. The first-order valence-electron chi connectivity index (χ1n) is 10.3. The molecule has 2 saturated carbocycles. The molecule has 9 heteroatoms. The van der Waals surface area contributed by atoms with Crippen molar-refractivity contribution in [1.82, 2.24) is 19.7 Å². The molecule has 4 rings (SSSR count). The van der Waals surface area contributed by atoms with Crippen LogP contribution in [0.3, 0.4) is 0 Å². The van der Waals surface area contributed by atoms with Gasteiger partial charge in [-0.05, 0) is 64.6 Å². The summed E-state index contributed by atoms with van der Waals surface area (Å²) in [4.78, 5) is 5.76. The molecule has 0 amide bonds. The van der Waals surface area contributed by atoms with E-state index in [-0.39, 0.29) is 6.04 Å². The fourth-order valence-electron chi connectivity index (χ4n) is 4.94. The lowest BCUT2D eigenvalue weighted by Gasteiger charge is -2.29. The molecule has 2 heterocycles. The number of hydrogen-bond donors (Lipinski definition) is 2. The lowest BCUT2D eigenvalue weighted by molar-refractivity contribution is -0.137. The summed E-state index contributed by atoms with van der Waals surface area (Å²) in [6, 6.07) is 3.39. The number of fused-ring (bicyclic) bond motifs is 1. The summed E-state index contributed by atoms with van der Waals surface area (Å²) >= 11 is 0. The van der Waals surface area contributed by atoms with Gasteiger partial charge in [0.15, 0.2) is 0 Å². The second-order valence-electron chi connectivity index (χ2n) is 8.92. The van der Waals surface area contributed by atoms with Crippen molar-refractivity contribution in [3.05, 3.63) is 29.6 Å². The Hall–Kier alpha value is -2.13. The molecule has 164 valence electrons. The average Bonchev–Trinajstić information content (AvgIpc) is 3.02. The number of alkyl halides is 3. The third-order valence-electron chi connectivity index (χ3n) is 6.70. The maximum Gasteiger partial charge on any atom is 0.419 e. The van der Waals surface area contributed by atoms with E-state index in [0.717, 1.165) is 24.6 Å². The van der Waals surface area contributed by atoms with Gasteiger partial charge in [-0.2, -0.15) is 18.3 Å². The number of anilines is 1. The molecule has 0 aromatic carbocycles. The van der Waals surface area contributed by atoms with Gasteiger partial charge in [-0.25, -0.2) is 4.98 Å². The fourth-order valence-corrected chi connectivity index (χ4v) is 4.94. The summed E-state index contributed by atoms with van der Waals surface area (Å²) in [5, 5.41) is 14.4. The number of nitrogens with two attached hydrogens (primary N) is 1. The summed E-state index contributed by atoms with van der Waals surface area (Å²) in [5.74, 6) is 0.873. The Morgan fingerprint density at radius 2 is 1.83 bits per heavy atom. The van der Waals surface area contributed by atoms with Crippen molar-refractivity contribution in [2.75, 3.05) is 12.8 Å². The van der Waals surface area contributed by atoms with Gasteiger partial charge in [-0.3, -0.25) is 9.58 Å². The molecule has 0 aliphatic heterocycles. The molecule has 2 aromatic heterocycles. The SMILES string of the molecule is CC(O)N(C)C1C[C@@H]2C(c3cc(-c4cnc(N)c(C(F)(F)F)c4)nn3C(C)C)[C@@H]2C1. The number of aliphatic hydroxyl groups is 1. The quantitative estimate of drug-likeness (QED) is 0.714. The van der Waals surface area contributed by atoms with Gasteiger partial charge in [0.05, 0.1) is 11.3 Å². The van der Waals surface area contributed by atoms with Crippen molar-refractivity contribution in [3.63, 3.8) is 0 Å². The molecule has 30 heavy (non-hydrogen) atoms. The molecule has 3 unspecified atom stereocenters. The van der Waals surface area contributed by atoms with E-state index < -0.39 is 23.8 Å². The fraction of sp³-hybridized carbons (Fsp3) is 0.619. The predicted molar refractivity (Wildman–Crippen MR) is 107 cm³/mol. The second-order valence-corrected chi connectivity index (χ2v) is 8.92. The second kappa shape index (κ2) is 7.23. The maximum atomic E-state index is 13.2. The van der Waals surface area contributed by atoms with Crippen molar-refractivity contribution in [3.8, 4) is 11.3 Å². The van der Waals surface area contributed by atoms with Gasteiger partial charge < -0.3 is 10.8 Å². The molecule has 2 aliphatic rings. The number of hydrogen-bond acceptors (Lipinski definition) is 5. The Bertz CT molecular complexity index is 927. The Balaban J connectivity index is 1.61. The first-order valence-corrected chi connectivity index (χ1v) is 10.3. The summed E-state index contributed by atoms with van der Waals surface area (Å²) < 4.78 is 41.7. The lowest BCUT2D eigenvalue weighted by Crippen LogP contribution is -2.37. The van der Waals surface area contributed by atoms with Crippen molar-refractivity contribution >= 4 is 5.82 Å². The van der Waals surface area contributed by atoms with Crippen LogP contribution >= 0.6 is 0 Å². The largest absolute Gasteiger partial charge is 0.419 e. The predicted octanol–water partition coefficient (Wildman–Crippen LogP) is 3.89. The first-order chi connectivity index (χ1) is 14.0. The number of aliphatic hydroxyl groups excluding tert-OH is 1. The van der Waals surface area contributed by atoms with Gasteiger partial charge in [0.1, 0.15) is 12.0 Å². The summed E-state index contributed by atoms with van der Waals surface area (Å²) in [6.07, 6.45) is -1.66. The molecule has 2 aliphatic carbocycles. The van der Waals surface area contributed by atoms with E-state index in [1.165, 1.54) is 6.20 Å². The van der Waals surface area contributed by atoms with E-state index in [0.29, 0.717) is 35.1 Å². The Morgan fingerprint density at radius 1 is 1.20 bits per heavy atom. The van der Waals surface area contributed by atoms with Gasteiger partial charge in [0, 0.05) is 35.5 Å². The van der Waals surface area contributed by atoms with Crippen molar-refractivity contribution < 1.29 is 18.3 Å². The van der Waals surface area contributed by atoms with E-state index in [4.69, 9.17) is 5.73 Å². The molecule has 0 spiro atoms. The summed E-state index contributed by atoms with van der Waals surface area (Å²) in [6.45, 7) is 5.81. The molecule has 2 fully saturated rings. The van der Waals surface area contributed by atoms with Crippen LogP contribution in [-0.2, 0) is 6.18 Å². The molecule has 2 aromatic rings. The van der Waals surface area contributed by atoms with Gasteiger partial charge in [0.25, 0.3) is 0 Å². The minimum atomic E-state index is -4.56. The summed E-state index contributed by atoms with van der Waals surface area (Å²) in [7, 11) is 1.94. The minimum absolute atomic E-state index is 0.0924. The Morgan fingerprint density at radius 3 is 2.37 bits per heavy atom. The highest BCUT2D eigenvalue weighted by molar-refractivity contribution is 5.63. The van der Waals surface area contributed by atoms with Crippen LogP contribution in [0, 0.1) is 11.8 Å². The smallest absolute Gasteiger partial charge is 0.383 e. The van der Waals surface area contributed by atoms with Gasteiger partial charge in [-0.1, -0.05) is 0 Å². The number of nitrogens with zero attached hydrogens (tertiary/aromatic N) is 4. The number of rotatable bonds is 5. The van der Waals surface area contributed by atoms with E-state index in [1.54, 1.807) is 6.92 Å². The topological polar surface area (TPSA) is 80.2 Å². The van der Waals surface area contributed by atoms with Crippen LogP contribution in [0.5, 0.6) is 0 Å². The van der Waals surface area contributed by atoms with Crippen LogP contribution in [0.25, 0.3) is 11.3 Å². The average molecular weight is 423 g/mol. The maximum absolute atomic E-state index is 13.2. The molecule has 3 N–H and O–H groups in total. The zero-order valence-corrected chi connectivity index (χ0v) is 17.6. The molecule has 0 bridgehead atoms. The highest BCUT2D eigenvalue weighted by Crippen LogP contribution is 2.64. The molecule has 0 radical (unpaired) electrons. The third-order valence-corrected chi connectivity index (χ3v) is 6.70. The number of halogens is 3. The highest BCUT2D eigenvalue weighted by Gasteiger charge is 2.58. The van der Waals surface area contributed by atoms with Crippen LogP contribution in [0.15, 0.2) is 18.3 Å². The normalized spacial score (nSPS) is 27.0. The molecular formula is C21H28F3N5O. The van der Waals surface area contributed by atoms with Gasteiger partial charge in [-0.15, -0.1) is 0 Å².